The average Bonchev–Trinajstić information content (AvgIpc) is 3.30. The summed E-state index contributed by atoms with van der Waals surface area (Å²) in [5.74, 6) is -0.475. The minimum atomic E-state index is -0.747. The number of amides is 1. The molecule has 0 saturated carbocycles. The quantitative estimate of drug-likeness (QED) is 0.247. The van der Waals surface area contributed by atoms with Gasteiger partial charge in [0.05, 0.1) is 18.8 Å². The number of hydrogen-bond acceptors (Lipinski definition) is 3. The van der Waals surface area contributed by atoms with Gasteiger partial charge in [0.1, 0.15) is 0 Å². The first-order valence-corrected chi connectivity index (χ1v) is 12.4. The fourth-order valence-corrected chi connectivity index (χ4v) is 4.68. The van der Waals surface area contributed by atoms with E-state index in [0.29, 0.717) is 5.69 Å². The second kappa shape index (κ2) is 12.4. The van der Waals surface area contributed by atoms with Crippen molar-refractivity contribution >= 4 is 24.0 Å². The molecule has 1 atom stereocenters. The van der Waals surface area contributed by atoms with Gasteiger partial charge in [-0.05, 0) is 41.3 Å². The number of nitrogens with one attached hydrogen (secondary N) is 1. The summed E-state index contributed by atoms with van der Waals surface area (Å²) in [7, 11) is 0. The van der Waals surface area contributed by atoms with E-state index in [2.05, 4.69) is 29.5 Å². The van der Waals surface area contributed by atoms with E-state index in [1.165, 1.54) is 5.56 Å². The standard InChI is InChI=1S/C32H30N4O.ClH/c1-23-29(21-34-36(23)22-24-11-5-2-6-12-24)25-17-19-28(20-18-25)35-32(37)31(33)30(26-13-7-3-8-14-26)27-15-9-4-10-16-27;/h2-21,30-31H,22,33H2,1H3,(H,35,37);1H. The molecule has 192 valence electrons. The van der Waals surface area contributed by atoms with Gasteiger partial charge in [0.15, 0.2) is 0 Å². The maximum absolute atomic E-state index is 13.2. The molecule has 1 aromatic heterocycles. The van der Waals surface area contributed by atoms with Crippen molar-refractivity contribution in [2.24, 2.45) is 5.73 Å². The van der Waals surface area contributed by atoms with Crippen molar-refractivity contribution in [2.45, 2.75) is 25.4 Å². The molecule has 4 aromatic carbocycles. The van der Waals surface area contributed by atoms with Crippen LogP contribution < -0.4 is 11.1 Å². The Hall–Kier alpha value is -4.19. The Bertz CT molecular complexity index is 1410. The molecule has 0 saturated heterocycles. The Balaban J connectivity index is 0.00000336. The highest BCUT2D eigenvalue weighted by molar-refractivity contribution is 5.96. The molecule has 6 heteroatoms. The molecule has 5 rings (SSSR count). The lowest BCUT2D eigenvalue weighted by molar-refractivity contribution is -0.117. The first-order chi connectivity index (χ1) is 18.1. The van der Waals surface area contributed by atoms with Crippen molar-refractivity contribution in [3.8, 4) is 11.1 Å². The van der Waals surface area contributed by atoms with Crippen LogP contribution in [0, 0.1) is 6.92 Å². The SMILES string of the molecule is Cc1c(-c2ccc(NC(=O)C(N)C(c3ccccc3)c3ccccc3)cc2)cnn1Cc1ccccc1.Cl. The smallest absolute Gasteiger partial charge is 0.242 e. The van der Waals surface area contributed by atoms with Gasteiger partial charge in [-0.1, -0.05) is 103 Å². The van der Waals surface area contributed by atoms with Gasteiger partial charge in [-0.25, -0.2) is 0 Å². The summed E-state index contributed by atoms with van der Waals surface area (Å²) >= 11 is 0. The van der Waals surface area contributed by atoms with Gasteiger partial charge in [0, 0.05) is 22.9 Å². The number of hydrogen-bond donors (Lipinski definition) is 2. The predicted octanol–water partition coefficient (Wildman–Crippen LogP) is 6.43. The normalized spacial score (nSPS) is 11.6. The van der Waals surface area contributed by atoms with E-state index in [0.717, 1.165) is 34.5 Å². The number of nitrogens with two attached hydrogens (primary N) is 1. The van der Waals surface area contributed by atoms with E-state index < -0.39 is 6.04 Å². The second-order valence-electron chi connectivity index (χ2n) is 9.18. The zero-order valence-corrected chi connectivity index (χ0v) is 22.0. The van der Waals surface area contributed by atoms with Crippen molar-refractivity contribution in [3.63, 3.8) is 0 Å². The first-order valence-electron chi connectivity index (χ1n) is 12.4. The lowest BCUT2D eigenvalue weighted by Crippen LogP contribution is -2.41. The van der Waals surface area contributed by atoms with Gasteiger partial charge < -0.3 is 11.1 Å². The minimum Gasteiger partial charge on any atom is -0.325 e. The Morgan fingerprint density at radius 2 is 1.34 bits per heavy atom. The van der Waals surface area contributed by atoms with E-state index in [-0.39, 0.29) is 24.2 Å². The zero-order chi connectivity index (χ0) is 25.6. The Morgan fingerprint density at radius 3 is 1.89 bits per heavy atom. The molecule has 1 heterocycles. The number of anilines is 1. The summed E-state index contributed by atoms with van der Waals surface area (Å²) in [4.78, 5) is 13.2. The molecule has 38 heavy (non-hydrogen) atoms. The van der Waals surface area contributed by atoms with Crippen LogP contribution in [0.15, 0.2) is 121 Å². The second-order valence-corrected chi connectivity index (χ2v) is 9.18. The molecular formula is C32H31ClN4O. The van der Waals surface area contributed by atoms with Crippen molar-refractivity contribution in [1.82, 2.24) is 9.78 Å². The molecule has 5 nitrogen and oxygen atoms in total. The van der Waals surface area contributed by atoms with Crippen LogP contribution >= 0.6 is 12.4 Å². The predicted molar refractivity (Wildman–Crippen MR) is 157 cm³/mol. The number of carbonyl (C=O) groups excluding carboxylic acids is 1. The van der Waals surface area contributed by atoms with Crippen molar-refractivity contribution < 1.29 is 4.79 Å². The van der Waals surface area contributed by atoms with Crippen LogP contribution in [0.1, 0.15) is 28.3 Å². The lowest BCUT2D eigenvalue weighted by Gasteiger charge is -2.24. The van der Waals surface area contributed by atoms with Crippen molar-refractivity contribution in [1.29, 1.82) is 0 Å². The summed E-state index contributed by atoms with van der Waals surface area (Å²) in [6.07, 6.45) is 1.89. The summed E-state index contributed by atoms with van der Waals surface area (Å²) in [6, 6.07) is 37.2. The molecule has 0 aliphatic rings. The highest BCUT2D eigenvalue weighted by Crippen LogP contribution is 2.29. The van der Waals surface area contributed by atoms with Crippen molar-refractivity contribution in [2.75, 3.05) is 5.32 Å². The molecule has 1 unspecified atom stereocenters. The topological polar surface area (TPSA) is 72.9 Å². The third-order valence-corrected chi connectivity index (χ3v) is 6.72. The van der Waals surface area contributed by atoms with Gasteiger partial charge in [0.25, 0.3) is 0 Å². The monoisotopic (exact) mass is 522 g/mol. The number of benzene rings is 4. The van der Waals surface area contributed by atoms with Crippen LogP contribution in [-0.4, -0.2) is 21.7 Å². The van der Waals surface area contributed by atoms with Crippen LogP contribution in [0.2, 0.25) is 0 Å². The van der Waals surface area contributed by atoms with Crippen molar-refractivity contribution in [3.05, 3.63) is 144 Å². The van der Waals surface area contributed by atoms with E-state index >= 15 is 0 Å². The molecule has 0 radical (unpaired) electrons. The minimum absolute atomic E-state index is 0. The third kappa shape index (κ3) is 6.02. The number of carbonyl (C=O) groups is 1. The van der Waals surface area contributed by atoms with Crippen LogP contribution in [0.3, 0.4) is 0 Å². The Morgan fingerprint density at radius 1 is 0.816 bits per heavy atom. The number of rotatable bonds is 8. The number of halogens is 1. The summed E-state index contributed by atoms with van der Waals surface area (Å²) in [6.45, 7) is 2.80. The molecule has 0 aliphatic carbocycles. The van der Waals surface area contributed by atoms with Gasteiger partial charge in [-0.15, -0.1) is 12.4 Å². The molecule has 0 spiro atoms. The molecule has 0 fully saturated rings. The number of nitrogens with zero attached hydrogens (tertiary/aromatic N) is 2. The Kier molecular flexibility index (Phi) is 8.74. The van der Waals surface area contributed by atoms with E-state index in [1.807, 2.05) is 114 Å². The van der Waals surface area contributed by atoms with Crippen LogP contribution in [0.5, 0.6) is 0 Å². The third-order valence-electron chi connectivity index (χ3n) is 6.72. The average molecular weight is 523 g/mol. The van der Waals surface area contributed by atoms with Gasteiger partial charge in [-0.2, -0.15) is 5.10 Å². The number of aromatic nitrogens is 2. The Labute approximate surface area is 229 Å². The molecule has 5 aromatic rings. The highest BCUT2D eigenvalue weighted by atomic mass is 35.5. The molecule has 1 amide bonds. The summed E-state index contributed by atoms with van der Waals surface area (Å²) in [5.41, 5.74) is 13.7. The van der Waals surface area contributed by atoms with Gasteiger partial charge >= 0.3 is 0 Å². The van der Waals surface area contributed by atoms with Gasteiger partial charge in [0.2, 0.25) is 5.91 Å². The fraction of sp³-hybridized carbons (Fsp3) is 0.125. The molecule has 0 aliphatic heterocycles. The summed E-state index contributed by atoms with van der Waals surface area (Å²) < 4.78 is 2.01. The zero-order valence-electron chi connectivity index (χ0n) is 21.2. The van der Waals surface area contributed by atoms with Crippen LogP contribution in [0.25, 0.3) is 11.1 Å². The lowest BCUT2D eigenvalue weighted by atomic mass is 9.85. The highest BCUT2D eigenvalue weighted by Gasteiger charge is 2.27. The van der Waals surface area contributed by atoms with Crippen LogP contribution in [-0.2, 0) is 11.3 Å². The fourth-order valence-electron chi connectivity index (χ4n) is 4.68. The maximum Gasteiger partial charge on any atom is 0.242 e. The first kappa shape index (κ1) is 26.9. The molecular weight excluding hydrogens is 492 g/mol. The van der Waals surface area contributed by atoms with E-state index in [4.69, 9.17) is 5.73 Å². The summed E-state index contributed by atoms with van der Waals surface area (Å²) in [5, 5.41) is 7.60. The van der Waals surface area contributed by atoms with E-state index in [9.17, 15) is 4.79 Å². The van der Waals surface area contributed by atoms with Crippen LogP contribution in [0.4, 0.5) is 5.69 Å². The maximum atomic E-state index is 13.2. The largest absolute Gasteiger partial charge is 0.325 e. The van der Waals surface area contributed by atoms with Gasteiger partial charge in [-0.3, -0.25) is 9.48 Å². The molecule has 3 N–H and O–H groups in total. The van der Waals surface area contributed by atoms with E-state index in [1.54, 1.807) is 0 Å². The molecule has 0 bridgehead atoms.